The van der Waals surface area contributed by atoms with Crippen molar-refractivity contribution in [2.24, 2.45) is 16.3 Å². The summed E-state index contributed by atoms with van der Waals surface area (Å²) in [5.41, 5.74) is 3.57. The largest absolute Gasteiger partial charge is 0.508 e. The van der Waals surface area contributed by atoms with Gasteiger partial charge in [0.05, 0.1) is 11.6 Å². The molecule has 146 valence electrons. The van der Waals surface area contributed by atoms with E-state index in [4.69, 9.17) is 4.99 Å². The molecule has 0 spiro atoms. The number of carbonyl (C=O) groups excluding carboxylic acids is 2. The lowest BCUT2D eigenvalue weighted by molar-refractivity contribution is -0.118. The average molecular weight is 387 g/mol. The Bertz CT molecular complexity index is 1160. The fraction of sp³-hybridized carbons (Fsp3) is 0.292. The molecule has 5 heteroatoms. The van der Waals surface area contributed by atoms with Crippen molar-refractivity contribution in [2.45, 2.75) is 32.6 Å². The summed E-state index contributed by atoms with van der Waals surface area (Å²) in [6, 6.07) is 11.7. The van der Waals surface area contributed by atoms with Gasteiger partial charge in [-0.3, -0.25) is 14.6 Å². The molecular formula is C24H21NO4. The summed E-state index contributed by atoms with van der Waals surface area (Å²) in [7, 11) is 0. The molecule has 0 fully saturated rings. The summed E-state index contributed by atoms with van der Waals surface area (Å²) in [5, 5.41) is 20.3. The van der Waals surface area contributed by atoms with Gasteiger partial charge in [-0.2, -0.15) is 0 Å². The van der Waals surface area contributed by atoms with Crippen molar-refractivity contribution in [2.75, 3.05) is 0 Å². The zero-order chi connectivity index (χ0) is 20.5. The van der Waals surface area contributed by atoms with Crippen molar-refractivity contribution in [1.29, 1.82) is 0 Å². The number of benzene rings is 2. The topological polar surface area (TPSA) is 87.0 Å². The predicted molar refractivity (Wildman–Crippen MR) is 108 cm³/mol. The highest BCUT2D eigenvalue weighted by Crippen LogP contribution is 2.52. The Morgan fingerprint density at radius 3 is 2.41 bits per heavy atom. The second kappa shape index (κ2) is 5.89. The Morgan fingerprint density at radius 1 is 0.966 bits per heavy atom. The van der Waals surface area contributed by atoms with Gasteiger partial charge in [-0.15, -0.1) is 0 Å². The number of aromatic hydroxyl groups is 2. The number of hydrogen-bond acceptors (Lipinski definition) is 5. The van der Waals surface area contributed by atoms with E-state index >= 15 is 0 Å². The van der Waals surface area contributed by atoms with Gasteiger partial charge < -0.3 is 10.2 Å². The first-order valence-corrected chi connectivity index (χ1v) is 9.77. The summed E-state index contributed by atoms with van der Waals surface area (Å²) < 4.78 is 0. The molecule has 2 aromatic carbocycles. The maximum Gasteiger partial charge on any atom is 0.173 e. The van der Waals surface area contributed by atoms with Crippen molar-refractivity contribution in [3.63, 3.8) is 0 Å². The van der Waals surface area contributed by atoms with E-state index in [1.807, 2.05) is 32.0 Å². The monoisotopic (exact) mass is 387 g/mol. The maximum atomic E-state index is 13.4. The van der Waals surface area contributed by atoms with E-state index in [2.05, 4.69) is 0 Å². The van der Waals surface area contributed by atoms with Crippen LogP contribution in [0.3, 0.4) is 0 Å². The number of allylic oxidation sites excluding steroid dienone is 2. The van der Waals surface area contributed by atoms with E-state index < -0.39 is 11.8 Å². The van der Waals surface area contributed by atoms with Crippen LogP contribution in [0.1, 0.15) is 54.1 Å². The Kier molecular flexibility index (Phi) is 3.63. The predicted octanol–water partition coefficient (Wildman–Crippen LogP) is 4.14. The number of phenols is 2. The molecule has 2 aliphatic carbocycles. The number of carbonyl (C=O) groups is 2. The molecule has 0 radical (unpaired) electrons. The summed E-state index contributed by atoms with van der Waals surface area (Å²) in [6.45, 7) is 4.09. The molecule has 0 amide bonds. The molecule has 29 heavy (non-hydrogen) atoms. The first-order chi connectivity index (χ1) is 13.8. The number of hydrogen-bond donors (Lipinski definition) is 2. The molecule has 5 rings (SSSR count). The maximum absolute atomic E-state index is 13.4. The zero-order valence-electron chi connectivity index (χ0n) is 16.3. The van der Waals surface area contributed by atoms with Gasteiger partial charge in [0, 0.05) is 46.4 Å². The van der Waals surface area contributed by atoms with Crippen molar-refractivity contribution >= 4 is 17.3 Å². The van der Waals surface area contributed by atoms with Gasteiger partial charge in [-0.05, 0) is 17.9 Å². The average Bonchev–Trinajstić information content (AvgIpc) is 2.92. The summed E-state index contributed by atoms with van der Waals surface area (Å²) >= 11 is 0. The van der Waals surface area contributed by atoms with Crippen LogP contribution in [0.5, 0.6) is 11.5 Å². The van der Waals surface area contributed by atoms with Crippen LogP contribution < -0.4 is 0 Å². The molecular weight excluding hydrogens is 366 g/mol. The molecule has 1 heterocycles. The van der Waals surface area contributed by atoms with E-state index in [1.54, 1.807) is 12.1 Å². The van der Waals surface area contributed by atoms with Crippen molar-refractivity contribution < 1.29 is 19.8 Å². The van der Waals surface area contributed by atoms with Crippen molar-refractivity contribution in [3.8, 4) is 11.5 Å². The normalized spacial score (nSPS) is 24.7. The molecule has 0 saturated heterocycles. The van der Waals surface area contributed by atoms with Gasteiger partial charge >= 0.3 is 0 Å². The van der Waals surface area contributed by atoms with Gasteiger partial charge in [-0.25, -0.2) is 0 Å². The molecule has 2 unspecified atom stereocenters. The van der Waals surface area contributed by atoms with Crippen LogP contribution in [0.2, 0.25) is 0 Å². The van der Waals surface area contributed by atoms with Crippen LogP contribution in [-0.4, -0.2) is 27.5 Å². The number of aliphatic imine (C=N–C) groups is 1. The molecule has 0 saturated carbocycles. The molecule has 0 bridgehead atoms. The van der Waals surface area contributed by atoms with Crippen LogP contribution in [0.15, 0.2) is 58.7 Å². The minimum absolute atomic E-state index is 0.0275. The molecule has 0 aromatic heterocycles. The lowest BCUT2D eigenvalue weighted by Gasteiger charge is -2.38. The summed E-state index contributed by atoms with van der Waals surface area (Å²) in [5.74, 6) is -1.55. The molecule has 2 atom stereocenters. The summed E-state index contributed by atoms with van der Waals surface area (Å²) in [4.78, 5) is 31.4. The second-order valence-corrected chi connectivity index (χ2v) is 8.91. The minimum Gasteiger partial charge on any atom is -0.508 e. The van der Waals surface area contributed by atoms with Crippen molar-refractivity contribution in [3.05, 3.63) is 70.4 Å². The van der Waals surface area contributed by atoms with E-state index in [0.717, 1.165) is 5.56 Å². The third-order valence-corrected chi connectivity index (χ3v) is 6.19. The standard InChI is InChI=1S/C24H21NO4/c1-24(2)10-16-20(18(28)11-24)19(15-8-7-12(26)9-17(15)27)21-22(25-16)13-5-3-4-6-14(13)23(21)29/h3-9,19,21,26-27H,10-11H2,1-2H3. The van der Waals surface area contributed by atoms with Crippen LogP contribution in [0.4, 0.5) is 0 Å². The SMILES string of the molecule is CC1(C)CC(=O)C2=C(C1)N=C1c3ccccc3C(=O)C1C2c1ccc(O)cc1O. The number of phenolic OH excluding ortho intramolecular Hbond substituents is 2. The lowest BCUT2D eigenvalue weighted by Crippen LogP contribution is -2.37. The molecule has 3 aliphatic rings. The van der Waals surface area contributed by atoms with Gasteiger partial charge in [0.15, 0.2) is 11.6 Å². The van der Waals surface area contributed by atoms with Gasteiger partial charge in [0.25, 0.3) is 0 Å². The Morgan fingerprint density at radius 2 is 1.69 bits per heavy atom. The molecule has 5 nitrogen and oxygen atoms in total. The fourth-order valence-corrected chi connectivity index (χ4v) is 5.02. The molecule has 2 aromatic rings. The van der Waals surface area contributed by atoms with Gasteiger partial charge in [-0.1, -0.05) is 44.2 Å². The van der Waals surface area contributed by atoms with E-state index in [-0.39, 0.29) is 28.5 Å². The van der Waals surface area contributed by atoms with Gasteiger partial charge in [0.1, 0.15) is 11.5 Å². The van der Waals surface area contributed by atoms with E-state index in [9.17, 15) is 19.8 Å². The van der Waals surface area contributed by atoms with Crippen LogP contribution >= 0.6 is 0 Å². The zero-order valence-corrected chi connectivity index (χ0v) is 16.3. The minimum atomic E-state index is -0.647. The van der Waals surface area contributed by atoms with Crippen LogP contribution in [0.25, 0.3) is 0 Å². The third kappa shape index (κ3) is 2.57. The number of Topliss-reactive ketones (excluding diaryl/α,β-unsaturated/α-hetero) is 2. The highest BCUT2D eigenvalue weighted by Gasteiger charge is 2.50. The number of fused-ring (bicyclic) bond motifs is 3. The smallest absolute Gasteiger partial charge is 0.173 e. The van der Waals surface area contributed by atoms with E-state index in [1.165, 1.54) is 12.1 Å². The first kappa shape index (κ1) is 17.9. The number of nitrogens with zero attached hydrogens (tertiary/aromatic N) is 1. The van der Waals surface area contributed by atoms with Gasteiger partial charge in [0.2, 0.25) is 0 Å². The number of ketones is 2. The Labute approximate surface area is 168 Å². The highest BCUT2D eigenvalue weighted by atomic mass is 16.3. The Balaban J connectivity index is 1.79. The first-order valence-electron chi connectivity index (χ1n) is 9.77. The lowest BCUT2D eigenvalue weighted by atomic mass is 9.66. The fourth-order valence-electron chi connectivity index (χ4n) is 5.02. The number of rotatable bonds is 1. The van der Waals surface area contributed by atoms with Crippen molar-refractivity contribution in [1.82, 2.24) is 0 Å². The quantitative estimate of drug-likeness (QED) is 0.770. The molecule has 1 aliphatic heterocycles. The van der Waals surface area contributed by atoms with E-state index in [0.29, 0.717) is 41.0 Å². The summed E-state index contributed by atoms with van der Waals surface area (Å²) in [6.07, 6.45) is 1.01. The highest BCUT2D eigenvalue weighted by molar-refractivity contribution is 6.30. The second-order valence-electron chi connectivity index (χ2n) is 8.91. The molecule has 2 N–H and O–H groups in total. The third-order valence-electron chi connectivity index (χ3n) is 6.19. The Hall–Kier alpha value is -3.21. The van der Waals surface area contributed by atoms with Crippen LogP contribution in [-0.2, 0) is 4.79 Å². The van der Waals surface area contributed by atoms with Crippen LogP contribution in [0, 0.1) is 11.3 Å².